The SMILES string of the molecule is NC1CC(c2ccccn2)CN(C(=O)O)C1. The zero-order chi connectivity index (χ0) is 11.5. The van der Waals surface area contributed by atoms with Crippen LogP contribution in [0.3, 0.4) is 0 Å². The molecule has 86 valence electrons. The van der Waals surface area contributed by atoms with E-state index in [0.29, 0.717) is 13.1 Å². The highest BCUT2D eigenvalue weighted by atomic mass is 16.4. The molecule has 1 aromatic heterocycles. The van der Waals surface area contributed by atoms with Crippen LogP contribution < -0.4 is 5.73 Å². The molecule has 5 heteroatoms. The molecule has 16 heavy (non-hydrogen) atoms. The lowest BCUT2D eigenvalue weighted by molar-refractivity contribution is 0.124. The maximum Gasteiger partial charge on any atom is 0.407 e. The molecule has 2 rings (SSSR count). The van der Waals surface area contributed by atoms with E-state index in [1.807, 2.05) is 18.2 Å². The number of rotatable bonds is 1. The Morgan fingerprint density at radius 2 is 2.31 bits per heavy atom. The van der Waals surface area contributed by atoms with Gasteiger partial charge in [-0.25, -0.2) is 4.79 Å². The van der Waals surface area contributed by atoms with Gasteiger partial charge >= 0.3 is 6.09 Å². The summed E-state index contributed by atoms with van der Waals surface area (Å²) < 4.78 is 0. The van der Waals surface area contributed by atoms with Crippen molar-refractivity contribution >= 4 is 6.09 Å². The van der Waals surface area contributed by atoms with Gasteiger partial charge in [0.1, 0.15) is 0 Å². The van der Waals surface area contributed by atoms with Gasteiger partial charge in [0.05, 0.1) is 0 Å². The van der Waals surface area contributed by atoms with Crippen LogP contribution in [0.5, 0.6) is 0 Å². The van der Waals surface area contributed by atoms with Crippen molar-refractivity contribution in [2.24, 2.45) is 5.73 Å². The number of carbonyl (C=O) groups is 1. The number of amides is 1. The molecule has 0 bridgehead atoms. The van der Waals surface area contributed by atoms with Crippen LogP contribution in [0.15, 0.2) is 24.4 Å². The summed E-state index contributed by atoms with van der Waals surface area (Å²) in [5.74, 6) is 0.112. The molecular weight excluding hydrogens is 206 g/mol. The van der Waals surface area contributed by atoms with Crippen LogP contribution in [0.2, 0.25) is 0 Å². The lowest BCUT2D eigenvalue weighted by atomic mass is 9.92. The van der Waals surface area contributed by atoms with E-state index in [1.54, 1.807) is 6.20 Å². The van der Waals surface area contributed by atoms with Crippen LogP contribution in [-0.4, -0.2) is 40.2 Å². The van der Waals surface area contributed by atoms with Crippen molar-refractivity contribution in [2.45, 2.75) is 18.4 Å². The van der Waals surface area contributed by atoms with Crippen LogP contribution in [-0.2, 0) is 0 Å². The molecule has 5 nitrogen and oxygen atoms in total. The first-order valence-corrected chi connectivity index (χ1v) is 5.31. The number of hydrogen-bond donors (Lipinski definition) is 2. The summed E-state index contributed by atoms with van der Waals surface area (Å²) >= 11 is 0. The van der Waals surface area contributed by atoms with E-state index in [1.165, 1.54) is 4.90 Å². The molecular formula is C11H15N3O2. The molecule has 0 aliphatic carbocycles. The summed E-state index contributed by atoms with van der Waals surface area (Å²) in [6.45, 7) is 0.902. The largest absolute Gasteiger partial charge is 0.465 e. The first kappa shape index (κ1) is 10.9. The minimum absolute atomic E-state index is 0.100. The van der Waals surface area contributed by atoms with Gasteiger partial charge in [-0.3, -0.25) is 4.98 Å². The van der Waals surface area contributed by atoms with Crippen LogP contribution in [0.4, 0.5) is 4.79 Å². The zero-order valence-corrected chi connectivity index (χ0v) is 8.91. The molecule has 2 unspecified atom stereocenters. The van der Waals surface area contributed by atoms with E-state index in [4.69, 9.17) is 10.8 Å². The van der Waals surface area contributed by atoms with Crippen molar-refractivity contribution < 1.29 is 9.90 Å². The lowest BCUT2D eigenvalue weighted by Crippen LogP contribution is -2.48. The zero-order valence-electron chi connectivity index (χ0n) is 8.91. The third-order valence-electron chi connectivity index (χ3n) is 2.86. The van der Waals surface area contributed by atoms with Gasteiger partial charge in [-0.1, -0.05) is 6.07 Å². The molecule has 1 fully saturated rings. The Hall–Kier alpha value is -1.62. The third kappa shape index (κ3) is 2.30. The maximum atomic E-state index is 10.9. The number of pyridine rings is 1. The third-order valence-corrected chi connectivity index (χ3v) is 2.86. The lowest BCUT2D eigenvalue weighted by Gasteiger charge is -2.34. The number of carboxylic acid groups (broad SMARTS) is 1. The fourth-order valence-corrected chi connectivity index (χ4v) is 2.13. The van der Waals surface area contributed by atoms with Crippen LogP contribution in [0.25, 0.3) is 0 Å². The first-order chi connectivity index (χ1) is 7.66. The standard InChI is InChI=1S/C11H15N3O2/c12-9-5-8(6-14(7-9)11(15)16)10-3-1-2-4-13-10/h1-4,8-9H,5-7,12H2,(H,15,16). The van der Waals surface area contributed by atoms with Crippen molar-refractivity contribution in [3.05, 3.63) is 30.1 Å². The molecule has 1 saturated heterocycles. The summed E-state index contributed by atoms with van der Waals surface area (Å²) in [7, 11) is 0. The van der Waals surface area contributed by atoms with Gasteiger partial charge < -0.3 is 15.7 Å². The first-order valence-electron chi connectivity index (χ1n) is 5.31. The topological polar surface area (TPSA) is 79.5 Å². The normalized spacial score (nSPS) is 25.4. The Morgan fingerprint density at radius 3 is 2.94 bits per heavy atom. The van der Waals surface area contributed by atoms with Crippen molar-refractivity contribution in [3.63, 3.8) is 0 Å². The molecule has 2 heterocycles. The second kappa shape index (κ2) is 4.49. The molecule has 1 aromatic rings. The van der Waals surface area contributed by atoms with Crippen LogP contribution >= 0.6 is 0 Å². The molecule has 0 spiro atoms. The number of likely N-dealkylation sites (tertiary alicyclic amines) is 1. The predicted octanol–water partition coefficient (Wildman–Crippen LogP) is 0.876. The molecule has 1 amide bonds. The van der Waals surface area contributed by atoms with Gasteiger partial charge in [-0.05, 0) is 18.6 Å². The average molecular weight is 221 g/mol. The molecule has 2 atom stereocenters. The number of nitrogens with two attached hydrogens (primary N) is 1. The minimum Gasteiger partial charge on any atom is -0.465 e. The van der Waals surface area contributed by atoms with Gasteiger partial charge in [0, 0.05) is 36.9 Å². The van der Waals surface area contributed by atoms with Crippen molar-refractivity contribution in [1.82, 2.24) is 9.88 Å². The second-order valence-electron chi connectivity index (χ2n) is 4.13. The van der Waals surface area contributed by atoms with Gasteiger partial charge in [-0.2, -0.15) is 0 Å². The highest BCUT2D eigenvalue weighted by Crippen LogP contribution is 2.24. The Bertz CT molecular complexity index is 369. The van der Waals surface area contributed by atoms with Crippen molar-refractivity contribution in [1.29, 1.82) is 0 Å². The second-order valence-corrected chi connectivity index (χ2v) is 4.13. The number of nitrogens with zero attached hydrogens (tertiary/aromatic N) is 2. The number of hydrogen-bond acceptors (Lipinski definition) is 3. The van der Waals surface area contributed by atoms with Gasteiger partial charge in [0.2, 0.25) is 0 Å². The summed E-state index contributed by atoms with van der Waals surface area (Å²) in [5.41, 5.74) is 6.78. The fourth-order valence-electron chi connectivity index (χ4n) is 2.13. The smallest absolute Gasteiger partial charge is 0.407 e. The van der Waals surface area contributed by atoms with Crippen LogP contribution in [0, 0.1) is 0 Å². The number of aromatic nitrogens is 1. The Kier molecular flexibility index (Phi) is 3.05. The average Bonchev–Trinajstić information content (AvgIpc) is 2.29. The van der Waals surface area contributed by atoms with E-state index in [0.717, 1.165) is 12.1 Å². The van der Waals surface area contributed by atoms with Gasteiger partial charge in [0.25, 0.3) is 0 Å². The summed E-state index contributed by atoms with van der Waals surface area (Å²) in [4.78, 5) is 16.6. The van der Waals surface area contributed by atoms with E-state index >= 15 is 0 Å². The van der Waals surface area contributed by atoms with Gasteiger partial charge in [-0.15, -0.1) is 0 Å². The Balaban J connectivity index is 2.14. The van der Waals surface area contributed by atoms with E-state index in [9.17, 15) is 4.79 Å². The molecule has 0 saturated carbocycles. The Labute approximate surface area is 93.9 Å². The molecule has 1 aliphatic rings. The molecule has 0 aromatic carbocycles. The van der Waals surface area contributed by atoms with Crippen molar-refractivity contribution in [2.75, 3.05) is 13.1 Å². The fraction of sp³-hybridized carbons (Fsp3) is 0.455. The maximum absolute atomic E-state index is 10.9. The van der Waals surface area contributed by atoms with E-state index in [-0.39, 0.29) is 12.0 Å². The summed E-state index contributed by atoms with van der Waals surface area (Å²) in [6, 6.07) is 5.58. The molecule has 3 N–H and O–H groups in total. The molecule has 1 aliphatic heterocycles. The molecule has 0 radical (unpaired) electrons. The summed E-state index contributed by atoms with van der Waals surface area (Å²) in [6.07, 6.45) is 1.61. The minimum atomic E-state index is -0.906. The van der Waals surface area contributed by atoms with E-state index in [2.05, 4.69) is 4.98 Å². The monoisotopic (exact) mass is 221 g/mol. The summed E-state index contributed by atoms with van der Waals surface area (Å²) in [5, 5.41) is 8.97. The van der Waals surface area contributed by atoms with Crippen LogP contribution in [0.1, 0.15) is 18.0 Å². The highest BCUT2D eigenvalue weighted by molar-refractivity contribution is 5.65. The number of piperidine rings is 1. The van der Waals surface area contributed by atoms with E-state index < -0.39 is 6.09 Å². The highest BCUT2D eigenvalue weighted by Gasteiger charge is 2.29. The quantitative estimate of drug-likeness (QED) is 0.737. The Morgan fingerprint density at radius 1 is 1.50 bits per heavy atom. The predicted molar refractivity (Wildman–Crippen MR) is 59.2 cm³/mol. The van der Waals surface area contributed by atoms with Crippen molar-refractivity contribution in [3.8, 4) is 0 Å². The van der Waals surface area contributed by atoms with Gasteiger partial charge in [0.15, 0.2) is 0 Å².